The maximum absolute atomic E-state index is 13.0. The molecule has 8 nitrogen and oxygen atoms in total. The summed E-state index contributed by atoms with van der Waals surface area (Å²) in [5.41, 5.74) is 4.30. The van der Waals surface area contributed by atoms with E-state index >= 15 is 0 Å². The zero-order valence-electron chi connectivity index (χ0n) is 20.2. The molecule has 2 amide bonds. The van der Waals surface area contributed by atoms with Crippen molar-refractivity contribution < 1.29 is 23.8 Å². The van der Waals surface area contributed by atoms with E-state index < -0.39 is 11.8 Å². The van der Waals surface area contributed by atoms with Gasteiger partial charge in [0.25, 0.3) is 11.8 Å². The molecule has 0 heterocycles. The summed E-state index contributed by atoms with van der Waals surface area (Å²) in [5, 5.41) is 6.61. The van der Waals surface area contributed by atoms with Crippen LogP contribution in [0.15, 0.2) is 89.7 Å². The molecule has 0 fully saturated rings. The standard InChI is InChI=1S/C28H27N3O5/c1-34-23-13-11-20(12-14-23)8-7-17-29-31-28(33)25(30-27(32)21-9-5-4-6-10-21)19-22-18-24(35-2)15-16-26(22)36-3/h4-19H,1-3H3,(H,30,32)(H,31,33)/b8-7+,25-19-,29-17+. The van der Waals surface area contributed by atoms with Gasteiger partial charge in [0.05, 0.1) is 21.3 Å². The molecule has 0 saturated carbocycles. The Labute approximate surface area is 209 Å². The molecule has 0 aromatic heterocycles. The van der Waals surface area contributed by atoms with E-state index in [-0.39, 0.29) is 5.70 Å². The fourth-order valence-electron chi connectivity index (χ4n) is 3.12. The molecule has 0 atom stereocenters. The number of hydrogen-bond donors (Lipinski definition) is 2. The molecule has 0 aliphatic rings. The number of amides is 2. The van der Waals surface area contributed by atoms with Crippen LogP contribution in [0.4, 0.5) is 0 Å². The van der Waals surface area contributed by atoms with E-state index in [1.54, 1.807) is 61.7 Å². The van der Waals surface area contributed by atoms with Gasteiger partial charge >= 0.3 is 0 Å². The number of benzene rings is 3. The first kappa shape index (κ1) is 25.8. The molecule has 36 heavy (non-hydrogen) atoms. The van der Waals surface area contributed by atoms with E-state index in [2.05, 4.69) is 15.8 Å². The van der Waals surface area contributed by atoms with Crippen molar-refractivity contribution >= 4 is 30.2 Å². The minimum absolute atomic E-state index is 0.0216. The minimum atomic E-state index is -0.613. The normalized spacial score (nSPS) is 11.4. The van der Waals surface area contributed by atoms with Crippen LogP contribution in [0.5, 0.6) is 17.2 Å². The second kappa shape index (κ2) is 13.1. The second-order valence-corrected chi connectivity index (χ2v) is 7.34. The molecule has 8 heteroatoms. The first-order valence-corrected chi connectivity index (χ1v) is 11.0. The van der Waals surface area contributed by atoms with Crippen LogP contribution in [0, 0.1) is 0 Å². The average molecular weight is 486 g/mol. The Morgan fingerprint density at radius 2 is 1.53 bits per heavy atom. The highest BCUT2D eigenvalue weighted by molar-refractivity contribution is 6.05. The predicted octanol–water partition coefficient (Wildman–Crippen LogP) is 4.30. The van der Waals surface area contributed by atoms with Crippen molar-refractivity contribution in [2.75, 3.05) is 21.3 Å². The molecule has 0 bridgehead atoms. The number of hydrogen-bond acceptors (Lipinski definition) is 6. The summed E-state index contributed by atoms with van der Waals surface area (Å²) in [6.07, 6.45) is 6.44. The quantitative estimate of drug-likeness (QED) is 0.254. The minimum Gasteiger partial charge on any atom is -0.497 e. The number of ether oxygens (including phenoxy) is 3. The summed E-state index contributed by atoms with van der Waals surface area (Å²) in [4.78, 5) is 25.7. The van der Waals surface area contributed by atoms with Crippen LogP contribution >= 0.6 is 0 Å². The maximum Gasteiger partial charge on any atom is 0.287 e. The number of nitrogens with zero attached hydrogens (tertiary/aromatic N) is 1. The lowest BCUT2D eigenvalue weighted by molar-refractivity contribution is -0.117. The smallest absolute Gasteiger partial charge is 0.287 e. The highest BCUT2D eigenvalue weighted by Crippen LogP contribution is 2.26. The number of carbonyl (C=O) groups is 2. The van der Waals surface area contributed by atoms with Crippen LogP contribution in [0.1, 0.15) is 21.5 Å². The molecular weight excluding hydrogens is 458 g/mol. The lowest BCUT2D eigenvalue weighted by atomic mass is 10.1. The molecule has 2 N–H and O–H groups in total. The van der Waals surface area contributed by atoms with Crippen LogP contribution in [0.3, 0.4) is 0 Å². The van der Waals surface area contributed by atoms with Crippen LogP contribution in [-0.4, -0.2) is 39.4 Å². The summed E-state index contributed by atoms with van der Waals surface area (Å²) in [6, 6.07) is 21.2. The third-order valence-corrected chi connectivity index (χ3v) is 5.00. The molecule has 0 aliphatic heterocycles. The maximum atomic E-state index is 13.0. The molecule has 0 saturated heterocycles. The number of rotatable bonds is 10. The van der Waals surface area contributed by atoms with Crippen LogP contribution < -0.4 is 25.0 Å². The first-order valence-electron chi connectivity index (χ1n) is 11.0. The van der Waals surface area contributed by atoms with Crippen molar-refractivity contribution in [3.63, 3.8) is 0 Å². The number of allylic oxidation sites excluding steroid dienone is 1. The summed E-state index contributed by atoms with van der Waals surface area (Å²) >= 11 is 0. The van der Waals surface area contributed by atoms with Gasteiger partial charge in [0, 0.05) is 17.3 Å². The Kier molecular flexibility index (Phi) is 9.41. The fourth-order valence-corrected chi connectivity index (χ4v) is 3.12. The Hall–Kier alpha value is -4.85. The van der Waals surface area contributed by atoms with Gasteiger partial charge in [-0.15, -0.1) is 0 Å². The lowest BCUT2D eigenvalue weighted by Gasteiger charge is -2.11. The highest BCUT2D eigenvalue weighted by atomic mass is 16.5. The molecule has 0 unspecified atom stereocenters. The Morgan fingerprint density at radius 3 is 2.19 bits per heavy atom. The van der Waals surface area contributed by atoms with Crippen LogP contribution in [0.2, 0.25) is 0 Å². The summed E-state index contributed by atoms with van der Waals surface area (Å²) in [7, 11) is 4.66. The van der Waals surface area contributed by atoms with Gasteiger partial charge in [0.2, 0.25) is 0 Å². The van der Waals surface area contributed by atoms with E-state index in [9.17, 15) is 9.59 Å². The van der Waals surface area contributed by atoms with Gasteiger partial charge < -0.3 is 19.5 Å². The van der Waals surface area contributed by atoms with Gasteiger partial charge in [-0.05, 0) is 60.2 Å². The van der Waals surface area contributed by atoms with E-state index in [0.29, 0.717) is 22.6 Å². The SMILES string of the molecule is COc1ccc(/C=C/C=N/NC(=O)/C(=C/c2cc(OC)ccc2OC)NC(=O)c2ccccc2)cc1. The van der Waals surface area contributed by atoms with Gasteiger partial charge in [0.1, 0.15) is 22.9 Å². The number of methoxy groups -OCH3 is 3. The van der Waals surface area contributed by atoms with Gasteiger partial charge in [-0.25, -0.2) is 5.43 Å². The fraction of sp³-hybridized carbons (Fsp3) is 0.107. The van der Waals surface area contributed by atoms with Crippen molar-refractivity contribution in [1.29, 1.82) is 0 Å². The topological polar surface area (TPSA) is 98.2 Å². The third kappa shape index (κ3) is 7.33. The van der Waals surface area contributed by atoms with Gasteiger partial charge in [0.15, 0.2) is 0 Å². The highest BCUT2D eigenvalue weighted by Gasteiger charge is 2.15. The molecule has 3 aromatic rings. The predicted molar refractivity (Wildman–Crippen MR) is 140 cm³/mol. The van der Waals surface area contributed by atoms with Crippen molar-refractivity contribution in [3.05, 3.63) is 101 Å². The number of nitrogens with one attached hydrogen (secondary N) is 2. The molecule has 3 aromatic carbocycles. The Morgan fingerprint density at radius 1 is 0.833 bits per heavy atom. The van der Waals surface area contributed by atoms with Crippen molar-refractivity contribution in [3.8, 4) is 17.2 Å². The third-order valence-electron chi connectivity index (χ3n) is 5.00. The zero-order chi connectivity index (χ0) is 25.8. The summed E-state index contributed by atoms with van der Waals surface area (Å²) < 4.78 is 15.8. The van der Waals surface area contributed by atoms with Gasteiger partial charge in [-0.3, -0.25) is 9.59 Å². The molecule has 3 rings (SSSR count). The van der Waals surface area contributed by atoms with Crippen LogP contribution in [-0.2, 0) is 4.79 Å². The van der Waals surface area contributed by atoms with E-state index in [1.165, 1.54) is 26.5 Å². The lowest BCUT2D eigenvalue weighted by Crippen LogP contribution is -2.32. The van der Waals surface area contributed by atoms with Crippen molar-refractivity contribution in [2.45, 2.75) is 0 Å². The molecular formula is C28H27N3O5. The average Bonchev–Trinajstić information content (AvgIpc) is 2.93. The zero-order valence-corrected chi connectivity index (χ0v) is 20.2. The molecule has 0 spiro atoms. The molecule has 0 aliphatic carbocycles. The van der Waals surface area contributed by atoms with E-state index in [0.717, 1.165) is 11.3 Å². The van der Waals surface area contributed by atoms with Gasteiger partial charge in [-0.2, -0.15) is 5.10 Å². The van der Waals surface area contributed by atoms with Crippen LogP contribution in [0.25, 0.3) is 12.2 Å². The largest absolute Gasteiger partial charge is 0.497 e. The monoisotopic (exact) mass is 485 g/mol. The summed E-state index contributed by atoms with van der Waals surface area (Å²) in [6.45, 7) is 0. The summed E-state index contributed by atoms with van der Waals surface area (Å²) in [5.74, 6) is 0.775. The Balaban J connectivity index is 1.80. The van der Waals surface area contributed by atoms with Crippen molar-refractivity contribution in [2.24, 2.45) is 5.10 Å². The van der Waals surface area contributed by atoms with Gasteiger partial charge in [-0.1, -0.05) is 36.4 Å². The van der Waals surface area contributed by atoms with E-state index in [1.807, 2.05) is 30.3 Å². The second-order valence-electron chi connectivity index (χ2n) is 7.34. The molecule has 0 radical (unpaired) electrons. The first-order chi connectivity index (χ1) is 17.5. The number of hydrazone groups is 1. The Bertz CT molecular complexity index is 1270. The van der Waals surface area contributed by atoms with Crippen molar-refractivity contribution in [1.82, 2.24) is 10.7 Å². The molecule has 184 valence electrons. The van der Waals surface area contributed by atoms with E-state index in [4.69, 9.17) is 14.2 Å². The number of carbonyl (C=O) groups excluding carboxylic acids is 2.